The molecular weight excluding hydrogens is 238 g/mol. The highest BCUT2D eigenvalue weighted by Gasteiger charge is 2.12. The lowest BCUT2D eigenvalue weighted by Crippen LogP contribution is -2.30. The minimum absolute atomic E-state index is 0.134. The molecule has 0 saturated carbocycles. The summed E-state index contributed by atoms with van der Waals surface area (Å²) in [6.07, 6.45) is 0.996. The number of esters is 1. The molecule has 1 rings (SSSR count). The highest BCUT2D eigenvalue weighted by molar-refractivity contribution is 5.71. The topological polar surface area (TPSA) is 80.0 Å². The molecule has 100 valence electrons. The molecule has 6 heteroatoms. The summed E-state index contributed by atoms with van der Waals surface area (Å²) < 4.78 is 9.91. The Bertz CT molecular complexity index is 454. The molecule has 6 nitrogen and oxygen atoms in total. The molecule has 0 spiro atoms. The maximum absolute atomic E-state index is 11.3. The molecule has 0 amide bonds. The van der Waals surface area contributed by atoms with Gasteiger partial charge < -0.3 is 14.3 Å². The van der Waals surface area contributed by atoms with Crippen molar-refractivity contribution in [3.8, 4) is 5.75 Å². The number of rotatable bonds is 6. The zero-order valence-electron chi connectivity index (χ0n) is 10.5. The number of hydrogen-bond donors (Lipinski definition) is 1. The van der Waals surface area contributed by atoms with E-state index in [2.05, 4.69) is 0 Å². The molecule has 1 aromatic rings. The molecule has 0 unspecified atom stereocenters. The van der Waals surface area contributed by atoms with Gasteiger partial charge in [0, 0.05) is 6.07 Å². The number of aromatic hydroxyl groups is 1. The van der Waals surface area contributed by atoms with Gasteiger partial charge in [0.1, 0.15) is 12.0 Å². The zero-order chi connectivity index (χ0) is 13.5. The SMILES string of the molecule is CCOC(=O)CN(CC)Cc1cc(=O)c(O)co1. The highest BCUT2D eigenvalue weighted by atomic mass is 16.5. The molecule has 1 aromatic heterocycles. The van der Waals surface area contributed by atoms with Crippen molar-refractivity contribution in [1.82, 2.24) is 4.90 Å². The van der Waals surface area contributed by atoms with Crippen LogP contribution in [-0.4, -0.2) is 35.7 Å². The number of likely N-dealkylation sites (N-methyl/N-ethyl adjacent to an activating group) is 1. The van der Waals surface area contributed by atoms with Crippen LogP contribution in [0.2, 0.25) is 0 Å². The first kappa shape index (κ1) is 14.2. The Balaban J connectivity index is 2.65. The second kappa shape index (κ2) is 6.80. The Hall–Kier alpha value is -1.82. The van der Waals surface area contributed by atoms with Gasteiger partial charge in [-0.2, -0.15) is 0 Å². The third-order valence-electron chi connectivity index (χ3n) is 2.35. The van der Waals surface area contributed by atoms with Gasteiger partial charge >= 0.3 is 5.97 Å². The summed E-state index contributed by atoms with van der Waals surface area (Å²) in [6.45, 7) is 5.03. The number of hydrogen-bond acceptors (Lipinski definition) is 6. The molecule has 0 aliphatic rings. The Kier molecular flexibility index (Phi) is 5.38. The van der Waals surface area contributed by atoms with E-state index in [-0.39, 0.29) is 12.5 Å². The maximum atomic E-state index is 11.3. The average Bonchev–Trinajstić information content (AvgIpc) is 2.33. The summed E-state index contributed by atoms with van der Waals surface area (Å²) >= 11 is 0. The van der Waals surface area contributed by atoms with E-state index in [1.165, 1.54) is 6.07 Å². The van der Waals surface area contributed by atoms with E-state index in [9.17, 15) is 9.59 Å². The first-order valence-electron chi connectivity index (χ1n) is 5.75. The van der Waals surface area contributed by atoms with Crippen LogP contribution < -0.4 is 5.43 Å². The van der Waals surface area contributed by atoms with Crippen molar-refractivity contribution in [1.29, 1.82) is 0 Å². The van der Waals surface area contributed by atoms with E-state index < -0.39 is 11.2 Å². The predicted molar refractivity (Wildman–Crippen MR) is 64.2 cm³/mol. The maximum Gasteiger partial charge on any atom is 0.320 e. The molecule has 0 atom stereocenters. The standard InChI is InChI=1S/C12H17NO5/c1-3-13(7-12(16)17-4-2)6-9-5-10(14)11(15)8-18-9/h5,8,15H,3-4,6-7H2,1-2H3. The van der Waals surface area contributed by atoms with E-state index in [4.69, 9.17) is 14.3 Å². The van der Waals surface area contributed by atoms with E-state index >= 15 is 0 Å². The second-order valence-corrected chi connectivity index (χ2v) is 3.70. The second-order valence-electron chi connectivity index (χ2n) is 3.70. The summed E-state index contributed by atoms with van der Waals surface area (Å²) in [5.74, 6) is -0.350. The summed E-state index contributed by atoms with van der Waals surface area (Å²) in [5, 5.41) is 9.06. The molecule has 0 aliphatic carbocycles. The summed E-state index contributed by atoms with van der Waals surface area (Å²) in [5.41, 5.74) is -0.497. The molecule has 0 radical (unpaired) electrons. The fraction of sp³-hybridized carbons (Fsp3) is 0.500. The average molecular weight is 255 g/mol. The largest absolute Gasteiger partial charge is 0.502 e. The predicted octanol–water partition coefficient (Wildman–Crippen LogP) is 0.730. The minimum Gasteiger partial charge on any atom is -0.502 e. The van der Waals surface area contributed by atoms with Crippen molar-refractivity contribution >= 4 is 5.97 Å². The molecule has 0 aliphatic heterocycles. The molecule has 0 bridgehead atoms. The number of carbonyl (C=O) groups excluding carboxylic acids is 1. The Morgan fingerprint density at radius 2 is 2.22 bits per heavy atom. The first-order valence-corrected chi connectivity index (χ1v) is 5.75. The molecule has 0 fully saturated rings. The van der Waals surface area contributed by atoms with E-state index in [1.807, 2.05) is 6.92 Å². The van der Waals surface area contributed by atoms with Crippen molar-refractivity contribution in [3.05, 3.63) is 28.3 Å². The van der Waals surface area contributed by atoms with E-state index in [1.54, 1.807) is 11.8 Å². The van der Waals surface area contributed by atoms with E-state index in [0.717, 1.165) is 6.26 Å². The van der Waals surface area contributed by atoms with Crippen LogP contribution in [0.3, 0.4) is 0 Å². The van der Waals surface area contributed by atoms with Gasteiger partial charge in [0.05, 0.1) is 19.7 Å². The van der Waals surface area contributed by atoms with Crippen LogP contribution >= 0.6 is 0 Å². The molecule has 1 N–H and O–H groups in total. The van der Waals surface area contributed by atoms with Crippen LogP contribution in [0.25, 0.3) is 0 Å². The minimum atomic E-state index is -0.497. The first-order chi connectivity index (χ1) is 8.56. The van der Waals surface area contributed by atoms with Crippen LogP contribution in [0.4, 0.5) is 0 Å². The zero-order valence-corrected chi connectivity index (χ0v) is 10.5. The molecule has 18 heavy (non-hydrogen) atoms. The van der Waals surface area contributed by atoms with E-state index in [0.29, 0.717) is 25.5 Å². The molecular formula is C12H17NO5. The summed E-state index contributed by atoms with van der Waals surface area (Å²) in [4.78, 5) is 24.3. The van der Waals surface area contributed by atoms with Gasteiger partial charge in [0.15, 0.2) is 5.75 Å². The number of carbonyl (C=O) groups is 1. The Morgan fingerprint density at radius 1 is 1.50 bits per heavy atom. The smallest absolute Gasteiger partial charge is 0.320 e. The van der Waals surface area contributed by atoms with Gasteiger partial charge in [-0.15, -0.1) is 0 Å². The third kappa shape index (κ3) is 4.21. The molecule has 1 heterocycles. The monoisotopic (exact) mass is 255 g/mol. The highest BCUT2D eigenvalue weighted by Crippen LogP contribution is 2.06. The van der Waals surface area contributed by atoms with Crippen molar-refractivity contribution in [3.63, 3.8) is 0 Å². The van der Waals surface area contributed by atoms with Gasteiger partial charge in [-0.25, -0.2) is 0 Å². The lowest BCUT2D eigenvalue weighted by Gasteiger charge is -2.18. The van der Waals surface area contributed by atoms with Gasteiger partial charge in [-0.1, -0.05) is 6.92 Å². The Morgan fingerprint density at radius 3 is 2.78 bits per heavy atom. The van der Waals surface area contributed by atoms with Gasteiger partial charge in [0.2, 0.25) is 5.43 Å². The van der Waals surface area contributed by atoms with Crippen LogP contribution in [0.15, 0.2) is 21.5 Å². The Labute approximate surface area is 105 Å². The fourth-order valence-corrected chi connectivity index (χ4v) is 1.42. The van der Waals surface area contributed by atoms with Crippen molar-refractivity contribution < 1.29 is 19.1 Å². The van der Waals surface area contributed by atoms with Gasteiger partial charge in [-0.05, 0) is 13.5 Å². The number of ether oxygens (including phenoxy) is 1. The normalized spacial score (nSPS) is 10.6. The van der Waals surface area contributed by atoms with Gasteiger partial charge in [-0.3, -0.25) is 14.5 Å². The van der Waals surface area contributed by atoms with Crippen LogP contribution in [-0.2, 0) is 16.1 Å². The van der Waals surface area contributed by atoms with Crippen molar-refractivity contribution in [2.24, 2.45) is 0 Å². The van der Waals surface area contributed by atoms with Crippen LogP contribution in [0, 0.1) is 0 Å². The van der Waals surface area contributed by atoms with Crippen molar-refractivity contribution in [2.75, 3.05) is 19.7 Å². The van der Waals surface area contributed by atoms with Crippen LogP contribution in [0.5, 0.6) is 5.75 Å². The lowest BCUT2D eigenvalue weighted by atomic mass is 10.3. The number of nitrogens with zero attached hydrogens (tertiary/aromatic N) is 1. The third-order valence-corrected chi connectivity index (χ3v) is 2.35. The van der Waals surface area contributed by atoms with Crippen LogP contribution in [0.1, 0.15) is 19.6 Å². The summed E-state index contributed by atoms with van der Waals surface area (Å²) in [6, 6.07) is 1.21. The molecule has 0 saturated heterocycles. The molecule has 0 aromatic carbocycles. The lowest BCUT2D eigenvalue weighted by molar-refractivity contribution is -0.144. The van der Waals surface area contributed by atoms with Gasteiger partial charge in [0.25, 0.3) is 0 Å². The van der Waals surface area contributed by atoms with Crippen molar-refractivity contribution in [2.45, 2.75) is 20.4 Å². The summed E-state index contributed by atoms with van der Waals surface area (Å²) in [7, 11) is 0. The fourth-order valence-electron chi connectivity index (χ4n) is 1.42. The quantitative estimate of drug-likeness (QED) is 0.755.